The molecule has 44 heavy (non-hydrogen) atoms. The minimum atomic E-state index is -0.892. The minimum Gasteiger partial charge on any atom is -0.394 e. The van der Waals surface area contributed by atoms with Gasteiger partial charge in [-0.3, -0.25) is 14.4 Å². The zero-order chi connectivity index (χ0) is 31.8. The van der Waals surface area contributed by atoms with Crippen LogP contribution in [0.4, 0.5) is 11.4 Å². The van der Waals surface area contributed by atoms with Crippen LogP contribution in [0.15, 0.2) is 79.9 Å². The summed E-state index contributed by atoms with van der Waals surface area (Å²) in [5.74, 6) is -2.10. The van der Waals surface area contributed by atoms with Crippen molar-refractivity contribution in [3.8, 4) is 0 Å². The lowest BCUT2D eigenvalue weighted by atomic mass is 9.66. The first-order valence-electron chi connectivity index (χ1n) is 15.4. The third-order valence-electron chi connectivity index (χ3n) is 9.93. The summed E-state index contributed by atoms with van der Waals surface area (Å²) < 4.78 is -1.39. The van der Waals surface area contributed by atoms with Crippen LogP contribution in [-0.2, 0) is 14.4 Å². The normalized spacial score (nSPS) is 28.3. The zero-order valence-electron chi connectivity index (χ0n) is 25.7. The van der Waals surface area contributed by atoms with E-state index in [4.69, 9.17) is 11.6 Å². The lowest BCUT2D eigenvalue weighted by Crippen LogP contribution is -2.58. The number of hydrogen-bond acceptors (Lipinski definition) is 5. The van der Waals surface area contributed by atoms with Crippen molar-refractivity contribution in [3.63, 3.8) is 0 Å². The average Bonchev–Trinajstić information content (AvgIpc) is 3.60. The first kappa shape index (κ1) is 32.3. The van der Waals surface area contributed by atoms with E-state index in [0.717, 1.165) is 5.69 Å². The summed E-state index contributed by atoms with van der Waals surface area (Å²) in [6, 6.07) is 15.1. The van der Waals surface area contributed by atoms with Gasteiger partial charge in [0.2, 0.25) is 11.8 Å². The number of rotatable bonds is 12. The molecule has 1 N–H and O–H groups in total. The first-order chi connectivity index (χ1) is 21.1. The van der Waals surface area contributed by atoms with Crippen molar-refractivity contribution in [1.29, 1.82) is 0 Å². The van der Waals surface area contributed by atoms with E-state index < -0.39 is 33.4 Å². The number of anilines is 2. The molecule has 0 saturated carbocycles. The number of para-hydroxylation sites is 2. The molecule has 2 aromatic rings. The van der Waals surface area contributed by atoms with Gasteiger partial charge in [0, 0.05) is 23.5 Å². The van der Waals surface area contributed by atoms with Crippen LogP contribution < -0.4 is 9.80 Å². The molecule has 3 aliphatic heterocycles. The largest absolute Gasteiger partial charge is 0.394 e. The van der Waals surface area contributed by atoms with Crippen molar-refractivity contribution in [2.75, 3.05) is 29.5 Å². The number of likely N-dealkylation sites (tertiary alicyclic amines) is 1. The third-order valence-corrected chi connectivity index (χ3v) is 12.2. The van der Waals surface area contributed by atoms with Crippen LogP contribution in [0.25, 0.3) is 0 Å². The van der Waals surface area contributed by atoms with Gasteiger partial charge in [0.15, 0.2) is 0 Å². The SMILES string of the molecule is C=CCN(C(=O)[C@H]1[C@H]2C(=O)N([C@@H](CO)[C@@H](C)CC)C(C(=O)N(CC=C)c3ccccc3Cl)C23CC[C@]1(C)S3)c1ccccc1. The number of hydrogen-bond donors (Lipinski definition) is 1. The Morgan fingerprint density at radius 2 is 1.70 bits per heavy atom. The van der Waals surface area contributed by atoms with Crippen LogP contribution >= 0.6 is 23.4 Å². The molecule has 3 saturated heterocycles. The third kappa shape index (κ3) is 5.09. The van der Waals surface area contributed by atoms with Crippen molar-refractivity contribution in [2.24, 2.45) is 17.8 Å². The van der Waals surface area contributed by atoms with Crippen LogP contribution in [0.3, 0.4) is 0 Å². The molecule has 0 aliphatic carbocycles. The number of halogens is 1. The average molecular weight is 636 g/mol. The molecule has 3 amide bonds. The molecule has 0 aromatic heterocycles. The second-order valence-corrected chi connectivity index (χ2v) is 14.7. The maximum Gasteiger partial charge on any atom is 0.251 e. The Kier molecular flexibility index (Phi) is 9.36. The molecule has 2 unspecified atom stereocenters. The fourth-order valence-corrected chi connectivity index (χ4v) is 10.2. The topological polar surface area (TPSA) is 81.2 Å². The summed E-state index contributed by atoms with van der Waals surface area (Å²) in [7, 11) is 0. The Morgan fingerprint density at radius 1 is 1.07 bits per heavy atom. The van der Waals surface area contributed by atoms with Gasteiger partial charge in [-0.1, -0.05) is 74.4 Å². The number of benzene rings is 2. The predicted molar refractivity (Wildman–Crippen MR) is 179 cm³/mol. The van der Waals surface area contributed by atoms with Crippen molar-refractivity contribution in [2.45, 2.75) is 61.6 Å². The second kappa shape index (κ2) is 12.7. The van der Waals surface area contributed by atoms with E-state index >= 15 is 0 Å². The number of aliphatic hydroxyl groups is 1. The monoisotopic (exact) mass is 635 g/mol. The van der Waals surface area contributed by atoms with Crippen LogP contribution in [0.1, 0.15) is 40.0 Å². The molecule has 3 heterocycles. The van der Waals surface area contributed by atoms with E-state index in [1.807, 2.05) is 50.2 Å². The zero-order valence-corrected chi connectivity index (χ0v) is 27.3. The van der Waals surface area contributed by atoms with Crippen LogP contribution in [0, 0.1) is 17.8 Å². The molecule has 5 rings (SSSR count). The van der Waals surface area contributed by atoms with E-state index in [0.29, 0.717) is 36.5 Å². The summed E-state index contributed by atoms with van der Waals surface area (Å²) >= 11 is 8.24. The first-order valence-corrected chi connectivity index (χ1v) is 16.6. The van der Waals surface area contributed by atoms with Gasteiger partial charge in [0.05, 0.1) is 39.9 Å². The number of thioether (sulfide) groups is 1. The fourth-order valence-electron chi connectivity index (χ4n) is 7.67. The summed E-state index contributed by atoms with van der Waals surface area (Å²) in [6.45, 7) is 14.1. The van der Waals surface area contributed by atoms with Gasteiger partial charge < -0.3 is 19.8 Å². The Bertz CT molecular complexity index is 1440. The molecule has 7 atom stereocenters. The van der Waals surface area contributed by atoms with Gasteiger partial charge >= 0.3 is 0 Å². The van der Waals surface area contributed by atoms with E-state index in [-0.39, 0.29) is 36.8 Å². The van der Waals surface area contributed by atoms with E-state index in [9.17, 15) is 19.5 Å². The van der Waals surface area contributed by atoms with Crippen LogP contribution in [-0.4, -0.2) is 69.0 Å². The number of aliphatic hydroxyl groups excluding tert-OH is 1. The molecule has 0 radical (unpaired) electrons. The molecule has 3 fully saturated rings. The van der Waals surface area contributed by atoms with Gasteiger partial charge in [0.1, 0.15) is 6.04 Å². The molecule has 9 heteroatoms. The summed E-state index contributed by atoms with van der Waals surface area (Å²) in [5, 5.41) is 11.1. The Hall–Kier alpha value is -3.07. The van der Waals surface area contributed by atoms with Gasteiger partial charge in [-0.15, -0.1) is 24.9 Å². The summed E-state index contributed by atoms with van der Waals surface area (Å²) in [5.41, 5.74) is 1.27. The van der Waals surface area contributed by atoms with Crippen LogP contribution in [0.5, 0.6) is 0 Å². The molecule has 7 nitrogen and oxygen atoms in total. The molecule has 1 spiro atoms. The Balaban J connectivity index is 1.66. The summed E-state index contributed by atoms with van der Waals surface area (Å²) in [4.78, 5) is 49.4. The fraction of sp³-hybridized carbons (Fsp3) is 0.457. The van der Waals surface area contributed by atoms with Gasteiger partial charge in [-0.2, -0.15) is 0 Å². The molecule has 2 aromatic carbocycles. The van der Waals surface area contributed by atoms with E-state index in [1.165, 1.54) is 0 Å². The van der Waals surface area contributed by atoms with Gasteiger partial charge in [0.25, 0.3) is 5.91 Å². The lowest BCUT2D eigenvalue weighted by Gasteiger charge is -2.41. The Labute approximate surface area is 269 Å². The highest BCUT2D eigenvalue weighted by Gasteiger charge is 2.78. The summed E-state index contributed by atoms with van der Waals surface area (Å²) in [6.07, 6.45) is 5.35. The quantitative estimate of drug-likeness (QED) is 0.291. The molecule has 2 bridgehead atoms. The molecular formula is C35H42ClN3O4S. The number of amides is 3. The van der Waals surface area contributed by atoms with Crippen molar-refractivity contribution in [1.82, 2.24) is 4.90 Å². The highest BCUT2D eigenvalue weighted by molar-refractivity contribution is 8.02. The standard InChI is InChI=1S/C35H42ClN3O4S/c1-6-20-37(24-14-10-9-11-15-24)31(41)28-29-32(42)39(27(22-40)23(4)8-3)30(35(29)19-18-34(28,5)44-35)33(43)38(21-7-2)26-17-13-12-16-25(26)36/h6-7,9-17,23,27-30,40H,1-2,8,18-22H2,3-5H3/t23-,27-,28+,29-,30?,34-,35?/m0/s1. The van der Waals surface area contributed by atoms with E-state index in [2.05, 4.69) is 20.1 Å². The lowest BCUT2D eigenvalue weighted by molar-refractivity contribution is -0.143. The highest BCUT2D eigenvalue weighted by atomic mass is 35.5. The number of carbonyl (C=O) groups is 3. The molecule has 234 valence electrons. The van der Waals surface area contributed by atoms with Crippen molar-refractivity contribution in [3.05, 3.63) is 84.9 Å². The maximum absolute atomic E-state index is 15.0. The second-order valence-electron chi connectivity index (χ2n) is 12.4. The van der Waals surface area contributed by atoms with Gasteiger partial charge in [-0.05, 0) is 49.9 Å². The minimum absolute atomic E-state index is 0.0730. The molecule has 3 aliphatic rings. The Morgan fingerprint density at radius 3 is 2.32 bits per heavy atom. The highest BCUT2D eigenvalue weighted by Crippen LogP contribution is 2.72. The number of fused-ring (bicyclic) bond motifs is 1. The van der Waals surface area contributed by atoms with Gasteiger partial charge in [-0.25, -0.2) is 0 Å². The predicted octanol–water partition coefficient (Wildman–Crippen LogP) is 5.97. The van der Waals surface area contributed by atoms with Crippen molar-refractivity contribution >= 4 is 52.5 Å². The van der Waals surface area contributed by atoms with E-state index in [1.54, 1.807) is 56.8 Å². The van der Waals surface area contributed by atoms with Crippen molar-refractivity contribution < 1.29 is 19.5 Å². The number of carbonyl (C=O) groups excluding carboxylic acids is 3. The molecular weight excluding hydrogens is 594 g/mol. The maximum atomic E-state index is 15.0. The van der Waals surface area contributed by atoms with Crippen LogP contribution in [0.2, 0.25) is 5.02 Å². The smallest absolute Gasteiger partial charge is 0.251 e. The number of nitrogens with zero attached hydrogens (tertiary/aromatic N) is 3.